The Kier molecular flexibility index (Phi) is 3.10. The molecule has 7 heteroatoms. The number of hydrogen-bond donors (Lipinski definition) is 1. The van der Waals surface area contributed by atoms with E-state index in [1.165, 1.54) is 4.40 Å². The molecule has 2 aromatic heterocycles. The van der Waals surface area contributed by atoms with Gasteiger partial charge in [0.1, 0.15) is 5.65 Å². The maximum atomic E-state index is 12.5. The first kappa shape index (κ1) is 12.9. The molecule has 0 aliphatic carbocycles. The third-order valence-electron chi connectivity index (χ3n) is 3.43. The molecule has 0 saturated carbocycles. The van der Waals surface area contributed by atoms with E-state index >= 15 is 0 Å². The lowest BCUT2D eigenvalue weighted by Gasteiger charge is -2.27. The van der Waals surface area contributed by atoms with Crippen LogP contribution in [0.4, 0.5) is 4.79 Å². The second-order valence-corrected chi connectivity index (χ2v) is 5.08. The van der Waals surface area contributed by atoms with Gasteiger partial charge in [-0.25, -0.2) is 9.78 Å². The summed E-state index contributed by atoms with van der Waals surface area (Å²) in [7, 11) is 1.57. The molecule has 0 bridgehead atoms. The molecule has 20 heavy (non-hydrogen) atoms. The van der Waals surface area contributed by atoms with Gasteiger partial charge in [0.25, 0.3) is 5.56 Å². The Morgan fingerprint density at radius 3 is 3.00 bits per heavy atom. The van der Waals surface area contributed by atoms with Crippen molar-refractivity contribution in [1.82, 2.24) is 19.6 Å². The molecule has 1 aliphatic rings. The first-order valence-electron chi connectivity index (χ1n) is 6.26. The first-order valence-corrected chi connectivity index (χ1v) is 6.64. The molecular formula is C13H13ClN4O2. The number of halogens is 1. The summed E-state index contributed by atoms with van der Waals surface area (Å²) in [5.74, 6) is 0. The Hall–Kier alpha value is -2.08. The maximum Gasteiger partial charge on any atom is 0.317 e. The van der Waals surface area contributed by atoms with Crippen LogP contribution in [0, 0.1) is 0 Å². The van der Waals surface area contributed by atoms with Gasteiger partial charge in [0, 0.05) is 26.2 Å². The van der Waals surface area contributed by atoms with Gasteiger partial charge in [0.2, 0.25) is 0 Å². The van der Waals surface area contributed by atoms with Gasteiger partial charge in [0.05, 0.1) is 22.8 Å². The molecular weight excluding hydrogens is 280 g/mol. The molecule has 1 aliphatic heterocycles. The van der Waals surface area contributed by atoms with E-state index in [-0.39, 0.29) is 18.1 Å². The molecule has 3 heterocycles. The van der Waals surface area contributed by atoms with Gasteiger partial charge < -0.3 is 10.2 Å². The molecule has 0 spiro atoms. The van der Waals surface area contributed by atoms with Gasteiger partial charge in [-0.15, -0.1) is 0 Å². The van der Waals surface area contributed by atoms with Crippen molar-refractivity contribution in [3.8, 4) is 0 Å². The molecule has 0 aromatic carbocycles. The topological polar surface area (TPSA) is 66.7 Å². The molecule has 104 valence electrons. The quantitative estimate of drug-likeness (QED) is 0.789. The van der Waals surface area contributed by atoms with E-state index < -0.39 is 0 Å². The highest BCUT2D eigenvalue weighted by atomic mass is 35.5. The molecule has 0 radical (unpaired) electrons. The lowest BCUT2D eigenvalue weighted by Crippen LogP contribution is -2.44. The van der Waals surface area contributed by atoms with Crippen LogP contribution in [0.25, 0.3) is 5.65 Å². The minimum Gasteiger partial charge on any atom is -0.341 e. The van der Waals surface area contributed by atoms with Crippen molar-refractivity contribution in [2.75, 3.05) is 13.6 Å². The fourth-order valence-electron chi connectivity index (χ4n) is 2.40. The van der Waals surface area contributed by atoms with Gasteiger partial charge in [-0.05, 0) is 12.1 Å². The minimum absolute atomic E-state index is 0.166. The van der Waals surface area contributed by atoms with Gasteiger partial charge in [0.15, 0.2) is 0 Å². The normalized spacial score (nSPS) is 14.2. The first-order chi connectivity index (χ1) is 9.60. The summed E-state index contributed by atoms with van der Waals surface area (Å²) < 4.78 is 1.43. The van der Waals surface area contributed by atoms with Gasteiger partial charge in [-0.2, -0.15) is 0 Å². The average molecular weight is 293 g/mol. The smallest absolute Gasteiger partial charge is 0.317 e. The van der Waals surface area contributed by atoms with E-state index in [0.29, 0.717) is 29.2 Å². The van der Waals surface area contributed by atoms with Crippen molar-refractivity contribution in [2.45, 2.75) is 13.0 Å². The minimum atomic E-state index is -0.189. The fraction of sp³-hybridized carbons (Fsp3) is 0.308. The van der Waals surface area contributed by atoms with E-state index in [0.717, 1.165) is 5.69 Å². The summed E-state index contributed by atoms with van der Waals surface area (Å²) in [6.45, 7) is 0.833. The predicted octanol–water partition coefficient (Wildman–Crippen LogP) is 1.05. The van der Waals surface area contributed by atoms with Crippen LogP contribution in [0.5, 0.6) is 0 Å². The molecule has 0 unspecified atom stereocenters. The number of urea groups is 1. The summed E-state index contributed by atoms with van der Waals surface area (Å²) in [6.07, 6.45) is 2.13. The lowest BCUT2D eigenvalue weighted by atomic mass is 10.1. The highest BCUT2D eigenvalue weighted by molar-refractivity contribution is 6.30. The Bertz CT molecular complexity index is 756. The number of carbonyl (C=O) groups excluding carboxylic acids is 1. The lowest BCUT2D eigenvalue weighted by molar-refractivity contribution is 0.194. The Balaban J connectivity index is 2.14. The largest absolute Gasteiger partial charge is 0.341 e. The van der Waals surface area contributed by atoms with Crippen LogP contribution in [0.2, 0.25) is 5.02 Å². The van der Waals surface area contributed by atoms with Crippen LogP contribution in [0.1, 0.15) is 11.3 Å². The zero-order valence-corrected chi connectivity index (χ0v) is 11.6. The summed E-state index contributed by atoms with van der Waals surface area (Å²) in [5, 5.41) is 3.04. The van der Waals surface area contributed by atoms with Crippen molar-refractivity contribution < 1.29 is 4.79 Å². The highest BCUT2D eigenvalue weighted by Crippen LogP contribution is 2.16. The monoisotopic (exact) mass is 292 g/mol. The van der Waals surface area contributed by atoms with Crippen LogP contribution in [-0.2, 0) is 13.0 Å². The van der Waals surface area contributed by atoms with Gasteiger partial charge in [-0.3, -0.25) is 9.20 Å². The summed E-state index contributed by atoms with van der Waals surface area (Å²) in [6, 6.07) is 3.23. The molecule has 0 fully saturated rings. The number of hydrogen-bond acceptors (Lipinski definition) is 3. The number of fused-ring (bicyclic) bond motifs is 2. The van der Waals surface area contributed by atoms with E-state index in [4.69, 9.17) is 11.6 Å². The number of pyridine rings is 1. The van der Waals surface area contributed by atoms with Gasteiger partial charge >= 0.3 is 6.03 Å². The highest BCUT2D eigenvalue weighted by Gasteiger charge is 2.24. The molecule has 0 saturated heterocycles. The number of carbonyl (C=O) groups is 1. The Labute approximate surface area is 120 Å². The molecule has 6 nitrogen and oxygen atoms in total. The van der Waals surface area contributed by atoms with E-state index in [1.807, 2.05) is 0 Å². The number of nitrogens with zero attached hydrogens (tertiary/aromatic N) is 3. The molecule has 1 N–H and O–H groups in total. The SMILES string of the molecule is CNC(=O)N1CCc2nc3ccc(Cl)cn3c(=O)c2C1. The molecule has 2 aromatic rings. The second kappa shape index (κ2) is 4.79. The Morgan fingerprint density at radius 2 is 2.25 bits per heavy atom. The third kappa shape index (κ3) is 2.02. The summed E-state index contributed by atoms with van der Waals surface area (Å²) >= 11 is 5.91. The molecule has 3 rings (SSSR count). The maximum absolute atomic E-state index is 12.5. The van der Waals surface area contributed by atoms with Crippen LogP contribution < -0.4 is 10.9 Å². The second-order valence-electron chi connectivity index (χ2n) is 4.64. The van der Waals surface area contributed by atoms with Crippen molar-refractivity contribution >= 4 is 23.3 Å². The summed E-state index contributed by atoms with van der Waals surface area (Å²) in [5.41, 5.74) is 1.73. The van der Waals surface area contributed by atoms with Crippen molar-refractivity contribution in [1.29, 1.82) is 0 Å². The zero-order chi connectivity index (χ0) is 14.3. The van der Waals surface area contributed by atoms with Crippen LogP contribution in [0.15, 0.2) is 23.1 Å². The standard InChI is InChI=1S/C13H13ClN4O2/c1-15-13(20)17-5-4-10-9(7-17)12(19)18-6-8(14)2-3-11(18)16-10/h2-3,6H,4-5,7H2,1H3,(H,15,20). The van der Waals surface area contributed by atoms with E-state index in [2.05, 4.69) is 10.3 Å². The zero-order valence-electron chi connectivity index (χ0n) is 10.9. The Morgan fingerprint density at radius 1 is 1.45 bits per heavy atom. The average Bonchev–Trinajstić information content (AvgIpc) is 2.47. The molecule has 2 amide bonds. The van der Waals surface area contributed by atoms with Crippen LogP contribution in [0.3, 0.4) is 0 Å². The van der Waals surface area contributed by atoms with Crippen molar-refractivity contribution in [3.63, 3.8) is 0 Å². The summed E-state index contributed by atoms with van der Waals surface area (Å²) in [4.78, 5) is 30.2. The van der Waals surface area contributed by atoms with Crippen LogP contribution in [-0.4, -0.2) is 33.9 Å². The number of amides is 2. The molecule has 0 atom stereocenters. The predicted molar refractivity (Wildman–Crippen MR) is 75.0 cm³/mol. The van der Waals surface area contributed by atoms with Gasteiger partial charge in [-0.1, -0.05) is 11.6 Å². The van der Waals surface area contributed by atoms with E-state index in [1.54, 1.807) is 30.3 Å². The third-order valence-corrected chi connectivity index (χ3v) is 3.66. The number of rotatable bonds is 0. The van der Waals surface area contributed by atoms with Crippen molar-refractivity contribution in [3.05, 3.63) is 45.0 Å². The number of aromatic nitrogens is 2. The fourth-order valence-corrected chi connectivity index (χ4v) is 2.56. The van der Waals surface area contributed by atoms with Crippen LogP contribution >= 0.6 is 11.6 Å². The van der Waals surface area contributed by atoms with E-state index in [9.17, 15) is 9.59 Å². The number of nitrogens with one attached hydrogen (secondary N) is 1. The van der Waals surface area contributed by atoms with Crippen molar-refractivity contribution in [2.24, 2.45) is 0 Å².